The summed E-state index contributed by atoms with van der Waals surface area (Å²) in [4.78, 5) is 29.9. The molecule has 7 heteroatoms. The molecule has 184 valence electrons. The SMILES string of the molecule is COc1cccc(-n2nc(C)c(CCC(=O)N3CCC(C(=O)N4CCCCCC4)CC3)c2C)c1. The van der Waals surface area contributed by atoms with E-state index < -0.39 is 0 Å². The first-order valence-electron chi connectivity index (χ1n) is 12.7. The molecule has 0 N–H and O–H groups in total. The third-order valence-corrected chi connectivity index (χ3v) is 7.44. The summed E-state index contributed by atoms with van der Waals surface area (Å²) in [5, 5.41) is 4.72. The quantitative estimate of drug-likeness (QED) is 0.644. The molecule has 0 aliphatic carbocycles. The second kappa shape index (κ2) is 11.1. The van der Waals surface area contributed by atoms with Crippen LogP contribution in [0.2, 0.25) is 0 Å². The van der Waals surface area contributed by atoms with Crippen LogP contribution in [0.3, 0.4) is 0 Å². The van der Waals surface area contributed by atoms with Crippen molar-refractivity contribution in [2.24, 2.45) is 5.92 Å². The summed E-state index contributed by atoms with van der Waals surface area (Å²) in [6.07, 6.45) is 7.41. The maximum absolute atomic E-state index is 13.0. The number of amides is 2. The molecule has 2 fully saturated rings. The average Bonchev–Trinajstić information content (AvgIpc) is 3.03. The van der Waals surface area contributed by atoms with E-state index in [2.05, 4.69) is 11.8 Å². The highest BCUT2D eigenvalue weighted by Gasteiger charge is 2.30. The number of piperidine rings is 1. The smallest absolute Gasteiger partial charge is 0.225 e. The van der Waals surface area contributed by atoms with E-state index in [-0.39, 0.29) is 11.8 Å². The summed E-state index contributed by atoms with van der Waals surface area (Å²) < 4.78 is 7.27. The Bertz CT molecular complexity index is 999. The van der Waals surface area contributed by atoms with Gasteiger partial charge in [0, 0.05) is 50.3 Å². The van der Waals surface area contributed by atoms with E-state index in [1.54, 1.807) is 7.11 Å². The van der Waals surface area contributed by atoms with E-state index in [0.29, 0.717) is 31.8 Å². The monoisotopic (exact) mass is 466 g/mol. The standard InChI is InChI=1S/C27H38N4O3/c1-20-25(21(2)31(28-20)23-9-8-10-24(19-23)34-3)11-12-26(32)29-17-13-22(14-18-29)27(33)30-15-6-4-5-7-16-30/h8-10,19,22H,4-7,11-18H2,1-3H3. The van der Waals surface area contributed by atoms with Crippen LogP contribution < -0.4 is 4.74 Å². The minimum absolute atomic E-state index is 0.0766. The second-order valence-corrected chi connectivity index (χ2v) is 9.66. The maximum atomic E-state index is 13.0. The number of nitrogens with zero attached hydrogens (tertiary/aromatic N) is 4. The summed E-state index contributed by atoms with van der Waals surface area (Å²) in [5.74, 6) is 1.35. The first-order chi connectivity index (χ1) is 16.5. The third-order valence-electron chi connectivity index (χ3n) is 7.44. The van der Waals surface area contributed by atoms with Crippen molar-refractivity contribution in [3.63, 3.8) is 0 Å². The predicted octanol–water partition coefficient (Wildman–Crippen LogP) is 4.07. The van der Waals surface area contributed by atoms with E-state index in [9.17, 15) is 9.59 Å². The lowest BCUT2D eigenvalue weighted by Crippen LogP contribution is -2.44. The number of aromatic nitrogens is 2. The van der Waals surface area contributed by atoms with Gasteiger partial charge in [-0.1, -0.05) is 18.9 Å². The number of ether oxygens (including phenoxy) is 1. The molecule has 0 radical (unpaired) electrons. The van der Waals surface area contributed by atoms with Crippen LogP contribution in [-0.2, 0) is 16.0 Å². The van der Waals surface area contributed by atoms with Crippen LogP contribution in [0.4, 0.5) is 0 Å². The molecule has 7 nitrogen and oxygen atoms in total. The number of benzene rings is 1. The zero-order chi connectivity index (χ0) is 24.1. The number of methoxy groups -OCH3 is 1. The first kappa shape index (κ1) is 24.3. The molecule has 0 unspecified atom stereocenters. The van der Waals surface area contributed by atoms with E-state index >= 15 is 0 Å². The Labute approximate surface area is 203 Å². The molecule has 0 spiro atoms. The molecular weight excluding hydrogens is 428 g/mol. The number of rotatable bonds is 6. The minimum Gasteiger partial charge on any atom is -0.497 e. The van der Waals surface area contributed by atoms with Crippen LogP contribution in [0, 0.1) is 19.8 Å². The number of hydrogen-bond acceptors (Lipinski definition) is 4. The van der Waals surface area contributed by atoms with Crippen molar-refractivity contribution in [1.29, 1.82) is 0 Å². The number of hydrogen-bond donors (Lipinski definition) is 0. The van der Waals surface area contributed by atoms with Crippen molar-refractivity contribution >= 4 is 11.8 Å². The molecule has 0 bridgehead atoms. The zero-order valence-electron chi connectivity index (χ0n) is 20.9. The number of likely N-dealkylation sites (tertiary alicyclic amines) is 2. The number of aryl methyl sites for hydroxylation is 1. The second-order valence-electron chi connectivity index (χ2n) is 9.66. The van der Waals surface area contributed by atoms with Gasteiger partial charge in [0.05, 0.1) is 18.5 Å². The van der Waals surface area contributed by atoms with E-state index in [4.69, 9.17) is 9.84 Å². The summed E-state index contributed by atoms with van der Waals surface area (Å²) in [7, 11) is 1.66. The van der Waals surface area contributed by atoms with Gasteiger partial charge in [-0.25, -0.2) is 4.68 Å². The van der Waals surface area contributed by atoms with Gasteiger partial charge in [0.15, 0.2) is 0 Å². The maximum Gasteiger partial charge on any atom is 0.225 e. The summed E-state index contributed by atoms with van der Waals surface area (Å²) in [6.45, 7) is 7.23. The van der Waals surface area contributed by atoms with E-state index in [0.717, 1.165) is 67.2 Å². The summed E-state index contributed by atoms with van der Waals surface area (Å²) >= 11 is 0. The first-order valence-corrected chi connectivity index (χ1v) is 12.7. The summed E-state index contributed by atoms with van der Waals surface area (Å²) in [5.41, 5.74) is 4.09. The van der Waals surface area contributed by atoms with Crippen molar-refractivity contribution in [3.05, 3.63) is 41.2 Å². The lowest BCUT2D eigenvalue weighted by Gasteiger charge is -2.34. The predicted molar refractivity (Wildman–Crippen MR) is 132 cm³/mol. The zero-order valence-corrected chi connectivity index (χ0v) is 20.9. The van der Waals surface area contributed by atoms with Crippen LogP contribution in [0.25, 0.3) is 5.69 Å². The van der Waals surface area contributed by atoms with Gasteiger partial charge in [-0.05, 0) is 63.6 Å². The molecule has 2 aliphatic rings. The Morgan fingerprint density at radius 3 is 2.38 bits per heavy atom. The lowest BCUT2D eigenvalue weighted by molar-refractivity contribution is -0.140. The minimum atomic E-state index is 0.0766. The highest BCUT2D eigenvalue weighted by molar-refractivity contribution is 5.80. The fourth-order valence-electron chi connectivity index (χ4n) is 5.35. The Morgan fingerprint density at radius 1 is 1.00 bits per heavy atom. The van der Waals surface area contributed by atoms with Crippen molar-refractivity contribution in [2.75, 3.05) is 33.3 Å². The van der Waals surface area contributed by atoms with Crippen molar-refractivity contribution < 1.29 is 14.3 Å². The van der Waals surface area contributed by atoms with Gasteiger partial charge in [-0.15, -0.1) is 0 Å². The Balaban J connectivity index is 1.31. The third kappa shape index (κ3) is 5.45. The lowest BCUT2D eigenvalue weighted by atomic mass is 9.94. The van der Waals surface area contributed by atoms with Crippen LogP contribution in [0.5, 0.6) is 5.75 Å². The number of carbonyl (C=O) groups excluding carboxylic acids is 2. The molecule has 2 amide bonds. The Hall–Kier alpha value is -2.83. The van der Waals surface area contributed by atoms with Gasteiger partial charge in [0.2, 0.25) is 11.8 Å². The molecule has 2 aliphatic heterocycles. The van der Waals surface area contributed by atoms with Gasteiger partial charge >= 0.3 is 0 Å². The highest BCUT2D eigenvalue weighted by Crippen LogP contribution is 2.25. The highest BCUT2D eigenvalue weighted by atomic mass is 16.5. The number of carbonyl (C=O) groups is 2. The molecule has 0 atom stereocenters. The average molecular weight is 467 g/mol. The molecule has 4 rings (SSSR count). The molecule has 1 aromatic carbocycles. The molecule has 2 saturated heterocycles. The van der Waals surface area contributed by atoms with Gasteiger partial charge in [0.1, 0.15) is 5.75 Å². The van der Waals surface area contributed by atoms with Crippen molar-refractivity contribution in [1.82, 2.24) is 19.6 Å². The van der Waals surface area contributed by atoms with Gasteiger partial charge in [-0.3, -0.25) is 9.59 Å². The molecular formula is C27H38N4O3. The molecule has 34 heavy (non-hydrogen) atoms. The van der Waals surface area contributed by atoms with Gasteiger partial charge < -0.3 is 14.5 Å². The van der Waals surface area contributed by atoms with Gasteiger partial charge in [-0.2, -0.15) is 5.10 Å². The molecule has 1 aromatic heterocycles. The summed E-state index contributed by atoms with van der Waals surface area (Å²) in [6, 6.07) is 7.84. The normalized spacial score (nSPS) is 17.5. The fourth-order valence-corrected chi connectivity index (χ4v) is 5.35. The van der Waals surface area contributed by atoms with Crippen molar-refractivity contribution in [2.45, 2.75) is 65.2 Å². The molecule has 3 heterocycles. The molecule has 0 saturated carbocycles. The Kier molecular flexibility index (Phi) is 7.91. The largest absolute Gasteiger partial charge is 0.497 e. The molecule has 2 aromatic rings. The van der Waals surface area contributed by atoms with Gasteiger partial charge in [0.25, 0.3) is 0 Å². The van der Waals surface area contributed by atoms with Crippen LogP contribution >= 0.6 is 0 Å². The van der Waals surface area contributed by atoms with E-state index in [1.165, 1.54) is 12.8 Å². The Morgan fingerprint density at radius 2 is 1.71 bits per heavy atom. The van der Waals surface area contributed by atoms with Crippen LogP contribution in [0.1, 0.15) is 61.9 Å². The van der Waals surface area contributed by atoms with Crippen LogP contribution in [0.15, 0.2) is 24.3 Å². The topological polar surface area (TPSA) is 67.7 Å². The van der Waals surface area contributed by atoms with Crippen LogP contribution in [-0.4, -0.2) is 64.7 Å². The van der Waals surface area contributed by atoms with Crippen molar-refractivity contribution in [3.8, 4) is 11.4 Å². The van der Waals surface area contributed by atoms with E-state index in [1.807, 2.05) is 40.8 Å². The fraction of sp³-hybridized carbons (Fsp3) is 0.593.